The maximum Gasteiger partial charge on any atom is 0.251 e. The van der Waals surface area contributed by atoms with E-state index in [4.69, 9.17) is 36.4 Å². The average molecular weight is 605 g/mol. The van der Waals surface area contributed by atoms with E-state index in [1.165, 1.54) is 12.5 Å². The van der Waals surface area contributed by atoms with Crippen molar-refractivity contribution in [1.29, 1.82) is 0 Å². The van der Waals surface area contributed by atoms with Gasteiger partial charge in [-0.05, 0) is 61.5 Å². The highest BCUT2D eigenvalue weighted by Gasteiger charge is 2.27. The largest absolute Gasteiger partial charge is 0.487 e. The van der Waals surface area contributed by atoms with Gasteiger partial charge < -0.3 is 31.6 Å². The number of oxazole rings is 1. The number of aliphatic hydroxyl groups is 2. The molecule has 0 bridgehead atoms. The molecule has 10 nitrogen and oxygen atoms in total. The van der Waals surface area contributed by atoms with E-state index in [0.717, 1.165) is 31.2 Å². The van der Waals surface area contributed by atoms with E-state index in [0.29, 0.717) is 27.9 Å². The van der Waals surface area contributed by atoms with Gasteiger partial charge in [0, 0.05) is 22.1 Å². The number of aliphatic hydroxyl groups excluding tert-OH is 2. The van der Waals surface area contributed by atoms with Crippen molar-refractivity contribution in [1.82, 2.24) is 4.98 Å². The Labute approximate surface area is 238 Å². The Morgan fingerprint density at radius 2 is 1.47 bits per heavy atom. The Kier molecular flexibility index (Phi) is 15.0. The number of nitrogens with zero attached hydrogens (tertiary/aromatic N) is 1. The molecule has 210 valence electrons. The molecule has 0 spiro atoms. The van der Waals surface area contributed by atoms with Gasteiger partial charge in [-0.25, -0.2) is 18.5 Å². The van der Waals surface area contributed by atoms with Gasteiger partial charge in [-0.15, -0.1) is 0 Å². The first-order chi connectivity index (χ1) is 16.9. The van der Waals surface area contributed by atoms with Crippen molar-refractivity contribution in [2.75, 3.05) is 0 Å². The second-order valence-corrected chi connectivity index (χ2v) is 10.6. The van der Waals surface area contributed by atoms with Gasteiger partial charge in [0.15, 0.2) is 11.7 Å². The average Bonchev–Trinajstić information content (AvgIpc) is 3.24. The highest BCUT2D eigenvalue weighted by Crippen LogP contribution is 2.40. The molecule has 0 amide bonds. The van der Waals surface area contributed by atoms with Crippen molar-refractivity contribution in [3.05, 3.63) is 59.4 Å². The second-order valence-electron chi connectivity index (χ2n) is 7.79. The maximum atomic E-state index is 12.1. The first-order valence-electron chi connectivity index (χ1n) is 10.8. The van der Waals surface area contributed by atoms with Crippen LogP contribution in [0, 0.1) is 0 Å². The maximum absolute atomic E-state index is 12.1. The van der Waals surface area contributed by atoms with E-state index < -0.39 is 20.4 Å². The van der Waals surface area contributed by atoms with Gasteiger partial charge in [-0.3, -0.25) is 0 Å². The first kappa shape index (κ1) is 35.2. The molecule has 1 fully saturated rings. The Morgan fingerprint density at radius 3 is 1.97 bits per heavy atom. The summed E-state index contributed by atoms with van der Waals surface area (Å²) in [6, 6.07) is 13.9. The number of hydrogen-bond donors (Lipinski definition) is 5. The van der Waals surface area contributed by atoms with Crippen LogP contribution in [-0.2, 0) is 10.0 Å². The molecule has 1 saturated carbocycles. The summed E-state index contributed by atoms with van der Waals surface area (Å²) >= 11 is 13.8. The molecule has 0 unspecified atom stereocenters. The normalized spacial score (nSPS) is 12.8. The summed E-state index contributed by atoms with van der Waals surface area (Å²) in [7, 11) is -3.91. The fraction of sp³-hybridized carbons (Fsp3) is 0.292. The van der Waals surface area contributed by atoms with Gasteiger partial charge in [0.25, 0.3) is 10.3 Å². The van der Waals surface area contributed by atoms with Crippen molar-refractivity contribution in [2.45, 2.75) is 50.3 Å². The van der Waals surface area contributed by atoms with Crippen LogP contribution in [0.4, 0.5) is 0 Å². The van der Waals surface area contributed by atoms with E-state index in [1.54, 1.807) is 30.3 Å². The topological polar surface area (TPSA) is 210 Å². The highest BCUT2D eigenvalue weighted by atomic mass is 35.5. The number of nitrogens with two attached hydrogens (primary N) is 3. The number of sulfonamides is 1. The van der Waals surface area contributed by atoms with Crippen LogP contribution in [0.1, 0.15) is 51.3 Å². The number of halogens is 1. The van der Waals surface area contributed by atoms with E-state index in [1.807, 2.05) is 12.1 Å². The molecule has 1 aliphatic carbocycles. The zero-order chi connectivity index (χ0) is 26.9. The standard InChI is InChI=1S/C21H21ClN2O3S.2CH3NOS.CH4.H2O/c22-16-12-10-14(11-13-16)19-20(17-8-4-5-9-18(17)28(23,25)26)27-21(24-19)15-6-2-1-3-7-15;2*2-1(3)4;;/h4-5,8-13,15H,1-3,6-7H2,(H2,23,25,26);2*(H3,2,3,4);1H4;1H2. The van der Waals surface area contributed by atoms with Crippen LogP contribution in [-0.4, -0.2) is 39.4 Å². The molecule has 0 aliphatic heterocycles. The molecule has 4 rings (SSSR count). The predicted octanol–water partition coefficient (Wildman–Crippen LogP) is 4.74. The van der Waals surface area contributed by atoms with Crippen LogP contribution in [0.15, 0.2) is 57.8 Å². The third-order valence-corrected chi connectivity index (χ3v) is 6.38. The van der Waals surface area contributed by atoms with Gasteiger partial charge in [-0.1, -0.05) is 62.6 Å². The Balaban J connectivity index is 0.00000121. The lowest BCUT2D eigenvalue weighted by Gasteiger charge is -2.18. The molecule has 1 aromatic heterocycles. The highest BCUT2D eigenvalue weighted by molar-refractivity contribution is 7.89. The molecule has 0 radical (unpaired) electrons. The number of rotatable bonds is 4. The lowest BCUT2D eigenvalue weighted by molar-refractivity contribution is 0.367. The molecule has 0 atom stereocenters. The predicted molar refractivity (Wildman–Crippen MR) is 159 cm³/mol. The SMILES string of the molecule is C.NC(O)=S.NC(O)=S.NS(=O)(=O)c1ccccc1-c1oc(C2CCCCC2)nc1-c1ccc(Cl)cc1.O. The third kappa shape index (κ3) is 10.9. The minimum Gasteiger partial charge on any atom is -0.487 e. The van der Waals surface area contributed by atoms with Gasteiger partial charge in [0.1, 0.15) is 5.69 Å². The van der Waals surface area contributed by atoms with Gasteiger partial charge in [0.2, 0.25) is 10.0 Å². The molecular weight excluding hydrogens is 572 g/mol. The van der Waals surface area contributed by atoms with Crippen molar-refractivity contribution >= 4 is 56.4 Å². The Hall–Kier alpha value is -2.81. The fourth-order valence-corrected chi connectivity index (χ4v) is 4.61. The molecular formula is C24H33ClN4O6S3. The summed E-state index contributed by atoms with van der Waals surface area (Å²) in [4.78, 5) is 4.81. The van der Waals surface area contributed by atoms with Crippen molar-refractivity contribution in [3.63, 3.8) is 0 Å². The zero-order valence-electron chi connectivity index (χ0n) is 19.6. The van der Waals surface area contributed by atoms with Crippen LogP contribution >= 0.6 is 36.0 Å². The summed E-state index contributed by atoms with van der Waals surface area (Å²) < 4.78 is 30.4. The molecule has 10 N–H and O–H groups in total. The van der Waals surface area contributed by atoms with Crippen LogP contribution in [0.3, 0.4) is 0 Å². The number of aromatic nitrogens is 1. The number of benzene rings is 2. The van der Waals surface area contributed by atoms with Crippen LogP contribution in [0.25, 0.3) is 22.6 Å². The Morgan fingerprint density at radius 1 is 0.974 bits per heavy atom. The first-order valence-corrected chi connectivity index (χ1v) is 13.5. The van der Waals surface area contributed by atoms with Crippen molar-refractivity contribution in [3.8, 4) is 22.6 Å². The van der Waals surface area contributed by atoms with E-state index in [2.05, 4.69) is 35.9 Å². The number of thiocarbonyl (C=S) groups is 2. The third-order valence-electron chi connectivity index (χ3n) is 5.15. The van der Waals surface area contributed by atoms with Gasteiger partial charge in [0.05, 0.1) is 4.90 Å². The molecule has 1 aliphatic rings. The summed E-state index contributed by atoms with van der Waals surface area (Å²) in [6.07, 6.45) is 5.56. The minimum absolute atomic E-state index is 0. The quantitative estimate of drug-likeness (QED) is 0.258. The summed E-state index contributed by atoms with van der Waals surface area (Å²) in [5, 5.41) is 20.2. The lowest BCUT2D eigenvalue weighted by atomic mass is 9.89. The molecule has 14 heteroatoms. The van der Waals surface area contributed by atoms with Crippen molar-refractivity contribution < 1.29 is 28.5 Å². The monoisotopic (exact) mass is 604 g/mol. The lowest BCUT2D eigenvalue weighted by Crippen LogP contribution is -2.13. The fourth-order valence-electron chi connectivity index (χ4n) is 3.75. The smallest absolute Gasteiger partial charge is 0.251 e. The minimum atomic E-state index is -3.91. The van der Waals surface area contributed by atoms with E-state index in [9.17, 15) is 8.42 Å². The van der Waals surface area contributed by atoms with Gasteiger partial charge in [-0.2, -0.15) is 0 Å². The molecule has 3 aromatic rings. The van der Waals surface area contributed by atoms with Crippen molar-refractivity contribution in [2.24, 2.45) is 16.6 Å². The molecule has 38 heavy (non-hydrogen) atoms. The second kappa shape index (κ2) is 16.2. The molecule has 0 saturated heterocycles. The van der Waals surface area contributed by atoms with Crippen LogP contribution < -0.4 is 16.6 Å². The summed E-state index contributed by atoms with van der Waals surface area (Å²) in [5.41, 5.74) is 10.6. The van der Waals surface area contributed by atoms with E-state index in [-0.39, 0.29) is 23.7 Å². The van der Waals surface area contributed by atoms with Crippen LogP contribution in [0.5, 0.6) is 0 Å². The zero-order valence-corrected chi connectivity index (χ0v) is 22.8. The van der Waals surface area contributed by atoms with Gasteiger partial charge >= 0.3 is 0 Å². The van der Waals surface area contributed by atoms with Crippen LogP contribution in [0.2, 0.25) is 5.02 Å². The molecule has 2 aromatic carbocycles. The number of primary sulfonamides is 1. The summed E-state index contributed by atoms with van der Waals surface area (Å²) in [5.74, 6) is 1.33. The molecule has 1 heterocycles. The number of hydrogen-bond acceptors (Lipinski definition) is 6. The summed E-state index contributed by atoms with van der Waals surface area (Å²) in [6.45, 7) is 0. The van der Waals surface area contributed by atoms with E-state index >= 15 is 0 Å². The Bertz CT molecular complexity index is 1270.